The molecule has 3 amide bonds. The number of piperidine rings is 4. The summed E-state index contributed by atoms with van der Waals surface area (Å²) in [6, 6.07) is 45.5. The molecular weight excluding hydrogens is 1710 g/mol. The molecule has 4 fully saturated rings. The van der Waals surface area contributed by atoms with Crippen LogP contribution < -0.4 is 43.8 Å². The van der Waals surface area contributed by atoms with Gasteiger partial charge in [-0.25, -0.2) is 34.5 Å². The van der Waals surface area contributed by atoms with Crippen LogP contribution in [0.1, 0.15) is 132 Å². The van der Waals surface area contributed by atoms with Crippen LogP contribution in [0.5, 0.6) is 40.5 Å². The number of ether oxygens (including phenoxy) is 9. The molecule has 7 aromatic rings. The van der Waals surface area contributed by atoms with E-state index in [1.165, 1.54) is 35.3 Å². The summed E-state index contributed by atoms with van der Waals surface area (Å²) in [5, 5.41) is 8.82. The van der Waals surface area contributed by atoms with Crippen LogP contribution in [0.2, 0.25) is 0 Å². The van der Waals surface area contributed by atoms with Gasteiger partial charge < -0.3 is 68.0 Å². The van der Waals surface area contributed by atoms with E-state index in [0.29, 0.717) is 106 Å². The van der Waals surface area contributed by atoms with Crippen LogP contribution in [0.25, 0.3) is 0 Å². The summed E-state index contributed by atoms with van der Waals surface area (Å²) < 4.78 is 47.3. The quantitative estimate of drug-likeness (QED) is 0.0601. The summed E-state index contributed by atoms with van der Waals surface area (Å²) in [5.74, 6) is 6.09. The van der Waals surface area contributed by atoms with Crippen molar-refractivity contribution >= 4 is 121 Å². The fraction of sp³-hybridized carbons (Fsp3) is 0.442. The number of aromatic nitrogens is 2. The first-order chi connectivity index (χ1) is 60.9. The molecule has 128 heavy (non-hydrogen) atoms. The maximum Gasteiger partial charge on any atom is 0.410 e. The summed E-state index contributed by atoms with van der Waals surface area (Å²) in [4.78, 5) is 124. The molecule has 15 rings (SSSR count). The van der Waals surface area contributed by atoms with Crippen molar-refractivity contribution in [1.82, 2.24) is 35.3 Å². The fourth-order valence-electron chi connectivity index (χ4n) is 15.0. The van der Waals surface area contributed by atoms with E-state index in [9.17, 15) is 28.8 Å². The molecule has 0 radical (unpaired) electrons. The first-order valence-electron chi connectivity index (χ1n) is 42.4. The average Bonchev–Trinajstić information content (AvgIpc) is 1.64. The smallest absolute Gasteiger partial charge is 0.410 e. The zero-order valence-corrected chi connectivity index (χ0v) is 78.5. The van der Waals surface area contributed by atoms with Crippen molar-refractivity contribution in [3.63, 3.8) is 0 Å². The van der Waals surface area contributed by atoms with Gasteiger partial charge in [0, 0.05) is 157 Å². The van der Waals surface area contributed by atoms with E-state index in [1.54, 1.807) is 96.2 Å². The minimum absolute atomic E-state index is 0. The van der Waals surface area contributed by atoms with Crippen molar-refractivity contribution in [2.24, 2.45) is 34.9 Å². The van der Waals surface area contributed by atoms with Gasteiger partial charge in [-0.2, -0.15) is 0 Å². The Morgan fingerprint density at radius 2 is 0.680 bits per heavy atom. The highest BCUT2D eigenvalue weighted by Gasteiger charge is 2.46. The summed E-state index contributed by atoms with van der Waals surface area (Å²) in [6.07, 6.45) is 9.57. The molecule has 0 unspecified atom stereocenters. The van der Waals surface area contributed by atoms with Crippen molar-refractivity contribution in [1.29, 1.82) is 0 Å². The minimum atomic E-state index is -0.644. The van der Waals surface area contributed by atoms with Crippen molar-refractivity contribution in [3.05, 3.63) is 197 Å². The second-order valence-electron chi connectivity index (χ2n) is 33.7. The average molecular weight is 1820 g/mol. The Kier molecular flexibility index (Phi) is 33.8. The number of nitrogens with zero attached hydrogens (tertiary/aromatic N) is 12. The fourth-order valence-corrected chi connectivity index (χ4v) is 17.8. The van der Waals surface area contributed by atoms with Gasteiger partial charge in [0.15, 0.2) is 17.0 Å². The molecule has 33 heteroatoms. The number of carbonyl (C=O) groups excluding carboxylic acids is 6. The first-order valence-corrected chi connectivity index (χ1v) is 45.4. The molecule has 8 aliphatic rings. The molecular formula is C95H115ClN14O15S3. The predicted molar refractivity (Wildman–Crippen MR) is 508 cm³/mol. The Morgan fingerprint density at radius 1 is 0.375 bits per heavy atom. The molecule has 29 nitrogen and oxygen atoms in total. The maximum absolute atomic E-state index is 12.8. The topological polar surface area (TPSA) is 332 Å². The Hall–Kier alpha value is -11.0. The lowest BCUT2D eigenvalue weighted by Crippen LogP contribution is -2.53. The van der Waals surface area contributed by atoms with Gasteiger partial charge in [0.25, 0.3) is 5.91 Å². The highest BCUT2D eigenvalue weighted by molar-refractivity contribution is 8.17. The molecule has 2 N–H and O–H groups in total. The number of hydrogen-bond donors (Lipinski definition) is 2. The van der Waals surface area contributed by atoms with Crippen LogP contribution in [-0.4, -0.2) is 258 Å². The number of pyridine rings is 2. The summed E-state index contributed by atoms with van der Waals surface area (Å²) >= 11 is 4.38. The third-order valence-electron chi connectivity index (χ3n) is 22.0. The summed E-state index contributed by atoms with van der Waals surface area (Å²) in [5.41, 5.74) is 6.16. The van der Waals surface area contributed by atoms with E-state index in [4.69, 9.17) is 77.6 Å². The van der Waals surface area contributed by atoms with Gasteiger partial charge >= 0.3 is 12.2 Å². The second-order valence-corrected chi connectivity index (χ2v) is 36.6. The largest absolute Gasteiger partial charge is 0.497 e. The van der Waals surface area contributed by atoms with Gasteiger partial charge in [-0.05, 0) is 188 Å². The maximum atomic E-state index is 12.8. The Labute approximate surface area is 767 Å². The van der Waals surface area contributed by atoms with E-state index in [2.05, 4.69) is 32.5 Å². The third-order valence-corrected chi connectivity index (χ3v) is 25.0. The highest BCUT2D eigenvalue weighted by atomic mass is 35.5. The van der Waals surface area contributed by atoms with Crippen molar-refractivity contribution in [3.8, 4) is 40.5 Å². The Balaban J connectivity index is 0.000000166. The molecule has 680 valence electrons. The van der Waals surface area contributed by atoms with Crippen molar-refractivity contribution < 1.29 is 71.4 Å². The number of hydrogen-bond acceptors (Lipinski definition) is 29. The van der Waals surface area contributed by atoms with E-state index in [0.717, 1.165) is 152 Å². The standard InChI is InChI=1S/C29H35N3O5S.C24H28N4O3S.C23H26N4O3S.C19H25N3O4.ClH/c1-28(2,3)37-27(34)32-16-14-29(15-17-32)30-25(21-8-12-24(36-5)13-9-21)26(31-29)38-19-22(33)18-20-6-10-23(35-4)11-7-20;1-28-12-10-24(11-13-28)26-22(18-5-7-20(30-2)8-6-18)23(27-24)32-16-19(29)14-17-4-9-21(31-3)25-15-17;1-29-19-6-4-17(5-7-19)21-22(27-23(26-21)9-11-24-12-10-23)31-15-18(28)13-16-3-8-20(30-2)25-14-16;1-18(2,3)26-17(24)22-11-9-19(10-12-22)20-15(16(23)21-19)13-5-7-14(25-4)8-6-13;/h6-13H,14-19H2,1-5H3;4-9,15H,10-14,16H2,1-3H3;3-8,14,24H,9-13,15H2,1-2H3;5-8H,9-12H2,1-4H3,(H,21,23);1H. The van der Waals surface area contributed by atoms with Crippen LogP contribution >= 0.6 is 47.7 Å². The monoisotopic (exact) mass is 1820 g/mol. The molecule has 10 heterocycles. The van der Waals surface area contributed by atoms with Crippen LogP contribution in [-0.2, 0) is 47.9 Å². The summed E-state index contributed by atoms with van der Waals surface area (Å²) in [6.45, 7) is 16.8. The number of rotatable bonds is 23. The van der Waals surface area contributed by atoms with Gasteiger partial charge in [0.2, 0.25) is 11.8 Å². The number of likely N-dealkylation sites (tertiary alicyclic amines) is 3. The SMILES string of the molecule is COc1ccc(C2=NC3(CCN(C(=O)OC(C)(C)C)CC3)NC2=O)cc1.COc1ccc(C2=NC3(CCN(C)CC3)N=C2SCC(=O)Cc2ccc(OC)nc2)cc1.COc1ccc(C2=NC3(CCNCC3)N=C2SCC(=O)Cc2ccc(OC)nc2)cc1.COc1ccc(CC(=O)CSC2=NC3(CCN(C(=O)OC(C)(C)C)CC3)N=C2c2ccc(OC)cc2)cc1.Cl. The number of ketones is 3. The predicted octanol–water partition coefficient (Wildman–Crippen LogP) is 14.1. The number of methoxy groups -OCH3 is 7. The van der Waals surface area contributed by atoms with Crippen LogP contribution in [0.3, 0.4) is 0 Å². The highest BCUT2D eigenvalue weighted by Crippen LogP contribution is 2.40. The number of amides is 3. The zero-order valence-electron chi connectivity index (χ0n) is 75.2. The van der Waals surface area contributed by atoms with E-state index in [-0.39, 0.29) is 47.9 Å². The molecule has 0 bridgehead atoms. The minimum Gasteiger partial charge on any atom is -0.497 e. The van der Waals surface area contributed by atoms with E-state index < -0.39 is 33.9 Å². The van der Waals surface area contributed by atoms with Gasteiger partial charge in [0.05, 0.1) is 84.2 Å². The van der Waals surface area contributed by atoms with E-state index in [1.807, 2.05) is 163 Å². The lowest BCUT2D eigenvalue weighted by Gasteiger charge is -2.37. The number of nitrogens with one attached hydrogen (secondary N) is 2. The van der Waals surface area contributed by atoms with Gasteiger partial charge in [-0.15, -0.1) is 12.4 Å². The van der Waals surface area contributed by atoms with Crippen molar-refractivity contribution in [2.45, 2.75) is 146 Å². The van der Waals surface area contributed by atoms with Crippen molar-refractivity contribution in [2.75, 3.05) is 126 Å². The number of halogens is 1. The number of benzene rings is 5. The lowest BCUT2D eigenvalue weighted by molar-refractivity contribution is -0.116. The summed E-state index contributed by atoms with van der Waals surface area (Å²) in [7, 11) is 13.4. The third kappa shape index (κ3) is 26.8. The van der Waals surface area contributed by atoms with Gasteiger partial charge in [-0.1, -0.05) is 59.6 Å². The number of aliphatic imine (C=N–C) groups is 7. The van der Waals surface area contributed by atoms with Gasteiger partial charge in [-0.3, -0.25) is 39.1 Å². The number of Topliss-reactive ketones (excluding diaryl/α,β-unsaturated/α-hetero) is 3. The molecule has 4 spiro atoms. The molecule has 0 saturated carbocycles. The van der Waals surface area contributed by atoms with E-state index >= 15 is 0 Å². The molecule has 0 atom stereocenters. The van der Waals surface area contributed by atoms with Gasteiger partial charge in [0.1, 0.15) is 83.8 Å². The molecule has 0 aliphatic carbocycles. The van der Waals surface area contributed by atoms with Crippen LogP contribution in [0.4, 0.5) is 9.59 Å². The Morgan fingerprint density at radius 3 is 1.00 bits per heavy atom. The first kappa shape index (κ1) is 97.6. The van der Waals surface area contributed by atoms with Crippen LogP contribution in [0, 0.1) is 0 Å². The normalized spacial score (nSPS) is 17.4. The zero-order chi connectivity index (χ0) is 90.5. The van der Waals surface area contributed by atoms with Crippen LogP contribution in [0.15, 0.2) is 193 Å². The molecule has 2 aromatic heterocycles. The number of carbonyl (C=O) groups is 6. The second kappa shape index (κ2) is 44.3. The Bertz CT molecular complexity index is 5230. The molecule has 5 aromatic carbocycles. The lowest BCUT2D eigenvalue weighted by atomic mass is 9.98. The molecule has 8 aliphatic heterocycles. The number of thioether (sulfide) groups is 3. The molecule has 4 saturated heterocycles.